The van der Waals surface area contributed by atoms with E-state index in [0.717, 1.165) is 64.0 Å². The molecular formula is C46H54N6O6. The summed E-state index contributed by atoms with van der Waals surface area (Å²) in [6.07, 6.45) is 2.74. The second-order valence-electron chi connectivity index (χ2n) is 15.1. The van der Waals surface area contributed by atoms with Crippen LogP contribution in [0.5, 0.6) is 5.75 Å². The topological polar surface area (TPSA) is 156 Å². The van der Waals surface area contributed by atoms with Gasteiger partial charge in [-0.3, -0.25) is 19.7 Å². The first-order chi connectivity index (χ1) is 28.0. The van der Waals surface area contributed by atoms with Crippen LogP contribution in [0.3, 0.4) is 0 Å². The maximum atomic E-state index is 12.9. The van der Waals surface area contributed by atoms with Crippen molar-refractivity contribution in [2.24, 2.45) is 0 Å². The maximum Gasteiger partial charge on any atom is 0.411 e. The Morgan fingerprint density at radius 3 is 2.41 bits per heavy atom. The van der Waals surface area contributed by atoms with Crippen LogP contribution in [-0.4, -0.2) is 83.7 Å². The zero-order chi connectivity index (χ0) is 41.0. The van der Waals surface area contributed by atoms with Gasteiger partial charge in [0.25, 0.3) is 0 Å². The monoisotopic (exact) mass is 786 g/mol. The Hall–Kier alpha value is -5.98. The highest BCUT2D eigenvalue weighted by atomic mass is 16.6. The van der Waals surface area contributed by atoms with Crippen molar-refractivity contribution >= 4 is 40.2 Å². The molecule has 2 heterocycles. The summed E-state index contributed by atoms with van der Waals surface area (Å²) in [5, 5.41) is 20.4. The molecule has 1 fully saturated rings. The number of nitrogens with zero attached hydrogens (tertiary/aromatic N) is 2. The highest BCUT2D eigenvalue weighted by molar-refractivity contribution is 5.92. The number of para-hydroxylation sites is 1. The number of aryl methyl sites for hydroxylation is 2. The molecule has 0 radical (unpaired) electrons. The van der Waals surface area contributed by atoms with Gasteiger partial charge in [0, 0.05) is 75.3 Å². The number of pyridine rings is 1. The van der Waals surface area contributed by atoms with E-state index in [-0.39, 0.29) is 29.2 Å². The SMILES string of the molecule is Cc1cc(NC(=O)CCCN(C)C(=O)CCN2CCC(OC(=O)Nc3ccccc3-c3ccccc3)CC2)c(C)cc1CNCCc1ccc(O)c2[nH]c(=O)ccc12. The Morgan fingerprint density at radius 1 is 0.862 bits per heavy atom. The minimum absolute atomic E-state index is 0.0404. The molecule has 0 bridgehead atoms. The van der Waals surface area contributed by atoms with E-state index in [4.69, 9.17) is 4.74 Å². The minimum Gasteiger partial charge on any atom is -0.506 e. The molecule has 0 spiro atoms. The van der Waals surface area contributed by atoms with Crippen molar-refractivity contribution in [1.29, 1.82) is 0 Å². The number of hydrogen-bond acceptors (Lipinski definition) is 8. The van der Waals surface area contributed by atoms with Crippen molar-refractivity contribution in [1.82, 2.24) is 20.1 Å². The van der Waals surface area contributed by atoms with Gasteiger partial charge >= 0.3 is 6.09 Å². The molecule has 58 heavy (non-hydrogen) atoms. The second kappa shape index (κ2) is 19.9. The average Bonchev–Trinajstić information content (AvgIpc) is 3.22. The molecule has 12 nitrogen and oxygen atoms in total. The van der Waals surface area contributed by atoms with Crippen LogP contribution >= 0.6 is 0 Å². The zero-order valence-corrected chi connectivity index (χ0v) is 33.6. The van der Waals surface area contributed by atoms with Crippen LogP contribution < -0.4 is 21.5 Å². The van der Waals surface area contributed by atoms with Crippen LogP contribution in [0.2, 0.25) is 0 Å². The number of aromatic nitrogens is 1. The summed E-state index contributed by atoms with van der Waals surface area (Å²) in [5.74, 6) is 0.00826. The first-order valence-corrected chi connectivity index (χ1v) is 20.1. The summed E-state index contributed by atoms with van der Waals surface area (Å²) >= 11 is 0. The maximum absolute atomic E-state index is 12.9. The molecule has 1 aliphatic rings. The van der Waals surface area contributed by atoms with Crippen LogP contribution in [0.15, 0.2) is 95.8 Å². The molecule has 12 heteroatoms. The molecule has 0 unspecified atom stereocenters. The number of aromatic hydroxyl groups is 1. The molecule has 1 aromatic heterocycles. The minimum atomic E-state index is -0.463. The largest absolute Gasteiger partial charge is 0.506 e. The number of likely N-dealkylation sites (tertiary alicyclic amines) is 1. The van der Waals surface area contributed by atoms with Gasteiger partial charge in [0.1, 0.15) is 11.9 Å². The lowest BCUT2D eigenvalue weighted by Crippen LogP contribution is -2.40. The third-order valence-corrected chi connectivity index (χ3v) is 10.8. The number of hydrogen-bond donors (Lipinski definition) is 5. The summed E-state index contributed by atoms with van der Waals surface area (Å²) in [5.41, 5.74) is 7.84. The third kappa shape index (κ3) is 11.3. The van der Waals surface area contributed by atoms with Crippen molar-refractivity contribution in [2.45, 2.75) is 65.0 Å². The average molecular weight is 787 g/mol. The molecular weight excluding hydrogens is 733 g/mol. The fraction of sp³-hybridized carbons (Fsp3) is 0.348. The summed E-state index contributed by atoms with van der Waals surface area (Å²) in [6, 6.07) is 28.4. The van der Waals surface area contributed by atoms with Gasteiger partial charge in [0.2, 0.25) is 17.4 Å². The molecule has 5 aromatic rings. The Morgan fingerprint density at radius 2 is 1.62 bits per heavy atom. The molecule has 0 saturated carbocycles. The van der Waals surface area contributed by atoms with E-state index in [1.807, 2.05) is 80.6 Å². The van der Waals surface area contributed by atoms with Gasteiger partial charge in [-0.1, -0.05) is 60.7 Å². The van der Waals surface area contributed by atoms with Crippen molar-refractivity contribution in [3.05, 3.63) is 124 Å². The molecule has 0 aliphatic carbocycles. The van der Waals surface area contributed by atoms with E-state index in [2.05, 4.69) is 31.9 Å². The molecule has 0 atom stereocenters. The number of phenols is 1. The van der Waals surface area contributed by atoms with E-state index >= 15 is 0 Å². The highest BCUT2D eigenvalue weighted by Gasteiger charge is 2.24. The lowest BCUT2D eigenvalue weighted by molar-refractivity contribution is -0.130. The third-order valence-electron chi connectivity index (χ3n) is 10.8. The number of aromatic amines is 1. The van der Waals surface area contributed by atoms with Crippen LogP contribution in [0.25, 0.3) is 22.0 Å². The van der Waals surface area contributed by atoms with Gasteiger partial charge in [-0.2, -0.15) is 0 Å². The number of phenolic OH excluding ortho intramolecular Hbond substituents is 1. The van der Waals surface area contributed by atoms with Crippen molar-refractivity contribution < 1.29 is 24.2 Å². The van der Waals surface area contributed by atoms with Gasteiger partial charge in [-0.25, -0.2) is 4.79 Å². The normalized spacial score (nSPS) is 13.3. The van der Waals surface area contributed by atoms with Gasteiger partial charge < -0.3 is 35.3 Å². The molecule has 4 aromatic carbocycles. The van der Waals surface area contributed by atoms with E-state index in [9.17, 15) is 24.3 Å². The molecule has 1 saturated heterocycles. The Kier molecular flexibility index (Phi) is 14.3. The fourth-order valence-electron chi connectivity index (χ4n) is 7.42. The van der Waals surface area contributed by atoms with Gasteiger partial charge in [0.15, 0.2) is 0 Å². The molecule has 304 valence electrons. The first-order valence-electron chi connectivity index (χ1n) is 20.1. The van der Waals surface area contributed by atoms with E-state index in [0.29, 0.717) is 69.5 Å². The number of carbonyl (C=O) groups excluding carboxylic acids is 3. The quantitative estimate of drug-likeness (QED) is 0.0662. The molecule has 6 rings (SSSR count). The Labute approximate surface area is 339 Å². The molecule has 3 amide bonds. The number of fused-ring (bicyclic) bond motifs is 1. The molecule has 5 N–H and O–H groups in total. The Balaban J connectivity index is 0.853. The van der Waals surface area contributed by atoms with Gasteiger partial charge in [0.05, 0.1) is 11.2 Å². The standard InChI is InChI=1S/C46H54N6O6/c1-31-29-40(32(2)28-35(31)30-47-23-19-34-15-17-41(53)45-38(34)16-18-43(55)50-45)48-42(54)14-9-24-51(3)44(56)22-27-52-25-20-36(21-26-52)58-46(57)49-39-13-8-7-12-37(39)33-10-5-4-6-11-33/h4-8,10-13,15-18,28-29,36,47,53H,9,14,19-27,30H2,1-3H3,(H,48,54)(H,49,57)(H,50,55). The number of piperidine rings is 1. The van der Waals surface area contributed by atoms with Crippen LogP contribution in [0.1, 0.15) is 54.4 Å². The van der Waals surface area contributed by atoms with Gasteiger partial charge in [-0.05, 0) is 98.2 Å². The number of H-pyrrole nitrogens is 1. The van der Waals surface area contributed by atoms with Crippen molar-refractivity contribution in [2.75, 3.05) is 50.4 Å². The van der Waals surface area contributed by atoms with E-state index in [1.54, 1.807) is 24.1 Å². The number of anilines is 2. The summed E-state index contributed by atoms with van der Waals surface area (Å²) in [6.45, 7) is 7.99. The fourth-order valence-corrected chi connectivity index (χ4v) is 7.42. The zero-order valence-electron chi connectivity index (χ0n) is 33.6. The predicted molar refractivity (Wildman–Crippen MR) is 229 cm³/mol. The smallest absolute Gasteiger partial charge is 0.411 e. The van der Waals surface area contributed by atoms with E-state index < -0.39 is 6.09 Å². The van der Waals surface area contributed by atoms with Crippen LogP contribution in [0.4, 0.5) is 16.2 Å². The molecule has 1 aliphatic heterocycles. The Bertz CT molecular complexity index is 2270. The lowest BCUT2D eigenvalue weighted by atomic mass is 10.0. The first kappa shape index (κ1) is 41.6. The van der Waals surface area contributed by atoms with Crippen LogP contribution in [0, 0.1) is 13.8 Å². The number of ether oxygens (including phenoxy) is 1. The number of rotatable bonds is 16. The van der Waals surface area contributed by atoms with Crippen molar-refractivity contribution in [3.8, 4) is 16.9 Å². The lowest BCUT2D eigenvalue weighted by Gasteiger charge is -2.31. The van der Waals surface area contributed by atoms with Crippen molar-refractivity contribution in [3.63, 3.8) is 0 Å². The second-order valence-corrected chi connectivity index (χ2v) is 15.1. The number of carbonyl (C=O) groups is 3. The number of amides is 3. The summed E-state index contributed by atoms with van der Waals surface area (Å²) in [7, 11) is 1.78. The van der Waals surface area contributed by atoms with Gasteiger partial charge in [-0.15, -0.1) is 0 Å². The summed E-state index contributed by atoms with van der Waals surface area (Å²) < 4.78 is 5.76. The predicted octanol–water partition coefficient (Wildman–Crippen LogP) is 7.13. The van der Waals surface area contributed by atoms with E-state index in [1.165, 1.54) is 6.07 Å². The summed E-state index contributed by atoms with van der Waals surface area (Å²) in [4.78, 5) is 56.9. The highest BCUT2D eigenvalue weighted by Crippen LogP contribution is 2.29. The van der Waals surface area contributed by atoms with Crippen LogP contribution in [-0.2, 0) is 27.3 Å². The number of benzene rings is 4. The number of nitrogens with one attached hydrogen (secondary N) is 4.